The van der Waals surface area contributed by atoms with Crippen LogP contribution < -0.4 is 4.74 Å². The molecule has 1 atom stereocenters. The Morgan fingerprint density at radius 3 is 2.79 bits per heavy atom. The topological polar surface area (TPSA) is 35.5 Å². The van der Waals surface area contributed by atoms with Gasteiger partial charge in [-0.2, -0.15) is 0 Å². The van der Waals surface area contributed by atoms with Gasteiger partial charge in [-0.05, 0) is 58.2 Å². The van der Waals surface area contributed by atoms with Gasteiger partial charge in [0, 0.05) is 0 Å². The normalized spacial score (nSPS) is 21.4. The fourth-order valence-electron chi connectivity index (χ4n) is 2.42. The fraction of sp³-hybridized carbons (Fsp3) is 0.562. The average Bonchev–Trinajstić information content (AvgIpc) is 2.66. The molecule has 1 aliphatic heterocycles. The highest BCUT2D eigenvalue weighted by molar-refractivity contribution is 5.96. The van der Waals surface area contributed by atoms with Crippen LogP contribution in [0.3, 0.4) is 0 Å². The van der Waals surface area contributed by atoms with Gasteiger partial charge < -0.3 is 9.47 Å². The lowest BCUT2D eigenvalue weighted by Gasteiger charge is -2.20. The van der Waals surface area contributed by atoms with Crippen molar-refractivity contribution in [3.05, 3.63) is 29.3 Å². The first-order valence-corrected chi connectivity index (χ1v) is 6.79. The minimum atomic E-state index is -0.0516. The number of rotatable bonds is 4. The van der Waals surface area contributed by atoms with Crippen molar-refractivity contribution in [1.29, 1.82) is 0 Å². The molecule has 3 heteroatoms. The lowest BCUT2D eigenvalue weighted by Crippen LogP contribution is -2.24. The summed E-state index contributed by atoms with van der Waals surface area (Å²) in [6.45, 7) is 8.26. The van der Waals surface area contributed by atoms with Crippen molar-refractivity contribution >= 4 is 5.78 Å². The molecule has 1 saturated heterocycles. The molecule has 1 aliphatic rings. The van der Waals surface area contributed by atoms with Crippen molar-refractivity contribution in [3.8, 4) is 5.75 Å². The van der Waals surface area contributed by atoms with Crippen molar-refractivity contribution in [2.45, 2.75) is 52.2 Å². The molecule has 104 valence electrons. The van der Waals surface area contributed by atoms with Gasteiger partial charge in [0.05, 0.1) is 17.3 Å². The second-order valence-corrected chi connectivity index (χ2v) is 5.91. The lowest BCUT2D eigenvalue weighted by molar-refractivity contribution is -0.0327. The van der Waals surface area contributed by atoms with Crippen LogP contribution in [0.15, 0.2) is 18.2 Å². The Kier molecular flexibility index (Phi) is 3.95. The van der Waals surface area contributed by atoms with Gasteiger partial charge >= 0.3 is 0 Å². The standard InChI is InChI=1S/C16H22O3/c1-11-5-6-14(12(2)17)15(9-11)18-10-13-7-8-16(3,4)19-13/h5-6,9,13H,7-8,10H2,1-4H3. The van der Waals surface area contributed by atoms with Crippen molar-refractivity contribution in [2.24, 2.45) is 0 Å². The Balaban J connectivity index is 2.03. The number of benzene rings is 1. The van der Waals surface area contributed by atoms with Crippen LogP contribution in [0, 0.1) is 6.92 Å². The zero-order chi connectivity index (χ0) is 14.0. The minimum absolute atomic E-state index is 0.0303. The van der Waals surface area contributed by atoms with E-state index in [1.54, 1.807) is 6.92 Å². The van der Waals surface area contributed by atoms with Crippen LogP contribution in [0.5, 0.6) is 5.75 Å². The molecule has 1 unspecified atom stereocenters. The number of hydrogen-bond donors (Lipinski definition) is 0. The van der Waals surface area contributed by atoms with Crippen LogP contribution >= 0.6 is 0 Å². The lowest BCUT2D eigenvalue weighted by atomic mass is 10.1. The third kappa shape index (κ3) is 3.57. The molecule has 0 spiro atoms. The van der Waals surface area contributed by atoms with Gasteiger partial charge in [0.1, 0.15) is 12.4 Å². The van der Waals surface area contributed by atoms with Gasteiger partial charge in [-0.1, -0.05) is 6.07 Å². The van der Waals surface area contributed by atoms with Gasteiger partial charge in [0.25, 0.3) is 0 Å². The quantitative estimate of drug-likeness (QED) is 0.779. The van der Waals surface area contributed by atoms with Crippen molar-refractivity contribution in [1.82, 2.24) is 0 Å². The van der Waals surface area contributed by atoms with Crippen molar-refractivity contribution in [3.63, 3.8) is 0 Å². The highest BCUT2D eigenvalue weighted by Crippen LogP contribution is 2.30. The predicted molar refractivity (Wildman–Crippen MR) is 74.9 cm³/mol. The highest BCUT2D eigenvalue weighted by atomic mass is 16.6. The van der Waals surface area contributed by atoms with E-state index in [-0.39, 0.29) is 17.5 Å². The van der Waals surface area contributed by atoms with Crippen LogP contribution in [0.4, 0.5) is 0 Å². The Morgan fingerprint density at radius 1 is 1.47 bits per heavy atom. The van der Waals surface area contributed by atoms with Gasteiger partial charge in [0.2, 0.25) is 0 Å². The summed E-state index contributed by atoms with van der Waals surface area (Å²) in [6.07, 6.45) is 2.18. The zero-order valence-electron chi connectivity index (χ0n) is 12.2. The van der Waals surface area contributed by atoms with E-state index in [9.17, 15) is 4.79 Å². The second kappa shape index (κ2) is 5.33. The number of aryl methyl sites for hydroxylation is 1. The molecular formula is C16H22O3. The first-order valence-electron chi connectivity index (χ1n) is 6.79. The van der Waals surface area contributed by atoms with Crippen LogP contribution in [0.2, 0.25) is 0 Å². The van der Waals surface area contributed by atoms with E-state index in [2.05, 4.69) is 13.8 Å². The van der Waals surface area contributed by atoms with E-state index in [0.29, 0.717) is 17.9 Å². The van der Waals surface area contributed by atoms with E-state index in [1.165, 1.54) is 0 Å². The molecule has 0 amide bonds. The van der Waals surface area contributed by atoms with Crippen LogP contribution in [-0.2, 0) is 4.74 Å². The summed E-state index contributed by atoms with van der Waals surface area (Å²) in [6, 6.07) is 5.67. The third-order valence-electron chi connectivity index (χ3n) is 3.50. The van der Waals surface area contributed by atoms with E-state index >= 15 is 0 Å². The number of Topliss-reactive ketones (excluding diaryl/α,β-unsaturated/α-hetero) is 1. The Bertz CT molecular complexity index is 477. The maximum atomic E-state index is 11.6. The summed E-state index contributed by atoms with van der Waals surface area (Å²) in [7, 11) is 0. The van der Waals surface area contributed by atoms with Crippen LogP contribution in [-0.4, -0.2) is 24.1 Å². The molecule has 3 nitrogen and oxygen atoms in total. The first-order chi connectivity index (χ1) is 8.87. The molecule has 1 aromatic rings. The third-order valence-corrected chi connectivity index (χ3v) is 3.50. The molecule has 2 rings (SSSR count). The van der Waals surface area contributed by atoms with Gasteiger partial charge in [-0.25, -0.2) is 0 Å². The van der Waals surface area contributed by atoms with E-state index in [4.69, 9.17) is 9.47 Å². The van der Waals surface area contributed by atoms with E-state index < -0.39 is 0 Å². The first kappa shape index (κ1) is 14.1. The maximum Gasteiger partial charge on any atom is 0.163 e. The molecule has 1 fully saturated rings. The zero-order valence-corrected chi connectivity index (χ0v) is 12.2. The largest absolute Gasteiger partial charge is 0.490 e. The Morgan fingerprint density at radius 2 is 2.21 bits per heavy atom. The fourth-order valence-corrected chi connectivity index (χ4v) is 2.42. The molecule has 0 bridgehead atoms. The smallest absolute Gasteiger partial charge is 0.163 e. The Labute approximate surface area is 114 Å². The number of carbonyl (C=O) groups excluding carboxylic acids is 1. The minimum Gasteiger partial charge on any atom is -0.490 e. The average molecular weight is 262 g/mol. The number of ether oxygens (including phenoxy) is 2. The molecule has 0 aliphatic carbocycles. The molecule has 1 aromatic carbocycles. The predicted octanol–water partition coefficient (Wildman–Crippen LogP) is 3.53. The summed E-state index contributed by atoms with van der Waals surface area (Å²) in [4.78, 5) is 11.6. The van der Waals surface area contributed by atoms with Gasteiger partial charge in [-0.3, -0.25) is 4.79 Å². The molecule has 19 heavy (non-hydrogen) atoms. The molecule has 0 saturated carbocycles. The van der Waals surface area contributed by atoms with Crippen LogP contribution in [0.1, 0.15) is 49.5 Å². The maximum absolute atomic E-state index is 11.6. The Hall–Kier alpha value is -1.35. The summed E-state index contributed by atoms with van der Waals surface area (Å²) >= 11 is 0. The van der Waals surface area contributed by atoms with Crippen molar-refractivity contribution < 1.29 is 14.3 Å². The summed E-state index contributed by atoms with van der Waals surface area (Å²) in [5.41, 5.74) is 1.68. The molecular weight excluding hydrogens is 240 g/mol. The second-order valence-electron chi connectivity index (χ2n) is 5.91. The molecule has 1 heterocycles. The monoisotopic (exact) mass is 262 g/mol. The summed E-state index contributed by atoms with van der Waals surface area (Å²) in [5.74, 6) is 0.698. The van der Waals surface area contributed by atoms with E-state index in [1.807, 2.05) is 25.1 Å². The summed E-state index contributed by atoms with van der Waals surface area (Å²) in [5, 5.41) is 0. The highest BCUT2D eigenvalue weighted by Gasteiger charge is 2.32. The summed E-state index contributed by atoms with van der Waals surface area (Å²) < 4.78 is 11.7. The van der Waals surface area contributed by atoms with E-state index in [0.717, 1.165) is 18.4 Å². The number of ketones is 1. The number of carbonyl (C=O) groups is 1. The molecule has 0 aromatic heterocycles. The van der Waals surface area contributed by atoms with Gasteiger partial charge in [0.15, 0.2) is 5.78 Å². The molecule has 0 N–H and O–H groups in total. The SMILES string of the molecule is CC(=O)c1ccc(C)cc1OCC1CCC(C)(C)O1. The van der Waals surface area contributed by atoms with Crippen LogP contribution in [0.25, 0.3) is 0 Å². The van der Waals surface area contributed by atoms with Gasteiger partial charge in [-0.15, -0.1) is 0 Å². The molecule has 0 radical (unpaired) electrons. The van der Waals surface area contributed by atoms with Crippen molar-refractivity contribution in [2.75, 3.05) is 6.61 Å². The number of hydrogen-bond acceptors (Lipinski definition) is 3.